The quantitative estimate of drug-likeness (QED) is 0.461. The van der Waals surface area contributed by atoms with Crippen molar-refractivity contribution in [2.24, 2.45) is 0 Å². The minimum atomic E-state index is 0.614. The molecule has 0 saturated carbocycles. The van der Waals surface area contributed by atoms with E-state index < -0.39 is 0 Å². The molecule has 0 N–H and O–H groups in total. The molecule has 1 rings (SSSR count). The zero-order valence-electron chi connectivity index (χ0n) is 5.43. The van der Waals surface area contributed by atoms with E-state index in [9.17, 15) is 0 Å². The van der Waals surface area contributed by atoms with Crippen molar-refractivity contribution in [3.63, 3.8) is 0 Å². The second-order valence-electron chi connectivity index (χ2n) is 1.91. The van der Waals surface area contributed by atoms with Gasteiger partial charge in [0.05, 0.1) is 6.57 Å². The lowest BCUT2D eigenvalue weighted by Crippen LogP contribution is -1.76. The van der Waals surface area contributed by atoms with E-state index in [0.717, 1.165) is 10.2 Å². The van der Waals surface area contributed by atoms with Crippen LogP contribution in [-0.4, -0.2) is 4.98 Å². The second kappa shape index (κ2) is 2.80. The number of pyridine rings is 1. The maximum absolute atomic E-state index is 6.72. The van der Waals surface area contributed by atoms with Crippen molar-refractivity contribution in [1.29, 1.82) is 0 Å². The van der Waals surface area contributed by atoms with E-state index in [1.807, 2.05) is 13.0 Å². The van der Waals surface area contributed by atoms with Gasteiger partial charge in [0.2, 0.25) is 5.69 Å². The van der Waals surface area contributed by atoms with Crippen LogP contribution in [0.5, 0.6) is 0 Å². The number of rotatable bonds is 0. The molecule has 0 fully saturated rings. The van der Waals surface area contributed by atoms with Crippen LogP contribution in [0.25, 0.3) is 4.85 Å². The van der Waals surface area contributed by atoms with E-state index in [1.54, 1.807) is 6.20 Å². The molecule has 50 valence electrons. The van der Waals surface area contributed by atoms with Crippen molar-refractivity contribution in [2.75, 3.05) is 0 Å². The first kappa shape index (κ1) is 7.23. The van der Waals surface area contributed by atoms with Crippen LogP contribution in [0, 0.1) is 13.5 Å². The normalized spacial score (nSPS) is 8.90. The molecule has 0 aliphatic rings. The van der Waals surface area contributed by atoms with Crippen LogP contribution in [-0.2, 0) is 0 Å². The molecule has 1 aromatic rings. The summed E-state index contributed by atoms with van der Waals surface area (Å²) in [5.41, 5.74) is 1.57. The molecule has 2 nitrogen and oxygen atoms in total. The van der Waals surface area contributed by atoms with Crippen LogP contribution < -0.4 is 0 Å². The third-order valence-electron chi connectivity index (χ3n) is 1.17. The first-order chi connectivity index (χ1) is 4.74. The van der Waals surface area contributed by atoms with Gasteiger partial charge in [0.1, 0.15) is 4.60 Å². The Morgan fingerprint density at radius 2 is 2.40 bits per heavy atom. The predicted octanol–water partition coefficient (Wildman–Crippen LogP) is 2.70. The molecular weight excluding hydrogens is 192 g/mol. The van der Waals surface area contributed by atoms with Gasteiger partial charge in [-0.05, 0) is 34.5 Å². The smallest absolute Gasteiger partial charge is 0.208 e. The van der Waals surface area contributed by atoms with Gasteiger partial charge < -0.3 is 0 Å². The Hall–Kier alpha value is -0.880. The zero-order valence-corrected chi connectivity index (χ0v) is 7.01. The Bertz CT molecular complexity index is 288. The first-order valence-corrected chi connectivity index (χ1v) is 3.53. The molecule has 0 radical (unpaired) electrons. The average Bonchev–Trinajstić information content (AvgIpc) is 1.88. The topological polar surface area (TPSA) is 17.2 Å². The summed E-state index contributed by atoms with van der Waals surface area (Å²) in [6.45, 7) is 8.61. The van der Waals surface area contributed by atoms with Gasteiger partial charge in [-0.1, -0.05) is 0 Å². The van der Waals surface area contributed by atoms with E-state index in [0.29, 0.717) is 5.69 Å². The van der Waals surface area contributed by atoms with Crippen molar-refractivity contribution in [3.05, 3.63) is 33.8 Å². The summed E-state index contributed by atoms with van der Waals surface area (Å²) < 4.78 is 0.775. The number of aryl methyl sites for hydroxylation is 1. The fraction of sp³-hybridized carbons (Fsp3) is 0.143. The summed E-state index contributed by atoms with van der Waals surface area (Å²) in [6.07, 6.45) is 1.56. The monoisotopic (exact) mass is 196 g/mol. The molecule has 3 heteroatoms. The second-order valence-corrected chi connectivity index (χ2v) is 2.72. The van der Waals surface area contributed by atoms with Crippen LogP contribution in [0.4, 0.5) is 5.69 Å². The third kappa shape index (κ3) is 1.34. The maximum atomic E-state index is 6.72. The molecule has 0 saturated heterocycles. The largest absolute Gasteiger partial charge is 0.261 e. The lowest BCUT2D eigenvalue weighted by atomic mass is 10.3. The minimum absolute atomic E-state index is 0.614. The molecule has 0 bridgehead atoms. The Kier molecular flexibility index (Phi) is 2.03. The van der Waals surface area contributed by atoms with E-state index in [-0.39, 0.29) is 0 Å². The van der Waals surface area contributed by atoms with Gasteiger partial charge >= 0.3 is 0 Å². The van der Waals surface area contributed by atoms with Crippen molar-refractivity contribution < 1.29 is 0 Å². The molecule has 0 aliphatic carbocycles. The lowest BCUT2D eigenvalue weighted by Gasteiger charge is -1.94. The SMILES string of the molecule is [C-]#[N+]c1cnc(Br)cc1C. The fourth-order valence-electron chi connectivity index (χ4n) is 0.632. The molecule has 0 unspecified atom stereocenters. The van der Waals surface area contributed by atoms with Gasteiger partial charge in [-0.15, -0.1) is 0 Å². The molecule has 0 spiro atoms. The number of hydrogen-bond donors (Lipinski definition) is 0. The van der Waals surface area contributed by atoms with Gasteiger partial charge in [-0.25, -0.2) is 4.85 Å². The highest BCUT2D eigenvalue weighted by atomic mass is 79.9. The van der Waals surface area contributed by atoms with E-state index in [2.05, 4.69) is 25.8 Å². The van der Waals surface area contributed by atoms with Gasteiger partial charge in [0.15, 0.2) is 0 Å². The Balaban J connectivity index is 3.23. The van der Waals surface area contributed by atoms with E-state index in [4.69, 9.17) is 6.57 Å². The van der Waals surface area contributed by atoms with Crippen molar-refractivity contribution in [2.45, 2.75) is 6.92 Å². The summed E-state index contributed by atoms with van der Waals surface area (Å²) in [4.78, 5) is 7.19. The summed E-state index contributed by atoms with van der Waals surface area (Å²) in [5.74, 6) is 0. The third-order valence-corrected chi connectivity index (χ3v) is 1.60. The number of aromatic nitrogens is 1. The molecule has 1 heterocycles. The highest BCUT2D eigenvalue weighted by molar-refractivity contribution is 9.10. The van der Waals surface area contributed by atoms with Crippen molar-refractivity contribution in [3.8, 4) is 0 Å². The van der Waals surface area contributed by atoms with Gasteiger partial charge in [0.25, 0.3) is 0 Å². The first-order valence-electron chi connectivity index (χ1n) is 2.73. The number of halogens is 1. The molecule has 0 atom stereocenters. The summed E-state index contributed by atoms with van der Waals surface area (Å²) in [6, 6.07) is 1.83. The molecule has 10 heavy (non-hydrogen) atoms. The van der Waals surface area contributed by atoms with Gasteiger partial charge in [-0.2, -0.15) is 0 Å². The molecular formula is C7H5BrN2. The van der Waals surface area contributed by atoms with E-state index in [1.165, 1.54) is 0 Å². The summed E-state index contributed by atoms with van der Waals surface area (Å²) in [7, 11) is 0. The Morgan fingerprint density at radius 3 is 2.90 bits per heavy atom. The minimum Gasteiger partial charge on any atom is -0.261 e. The van der Waals surface area contributed by atoms with Crippen LogP contribution >= 0.6 is 15.9 Å². The van der Waals surface area contributed by atoms with Crippen LogP contribution in [0.3, 0.4) is 0 Å². The zero-order chi connectivity index (χ0) is 7.56. The van der Waals surface area contributed by atoms with Crippen molar-refractivity contribution in [1.82, 2.24) is 4.98 Å². The standard InChI is InChI=1S/C7H5BrN2/c1-5-3-7(8)10-4-6(5)9-2/h3-4H,1H3. The summed E-state index contributed by atoms with van der Waals surface area (Å²) >= 11 is 3.21. The highest BCUT2D eigenvalue weighted by Crippen LogP contribution is 2.19. The lowest BCUT2D eigenvalue weighted by molar-refractivity contribution is 1.25. The Labute approximate surface area is 67.9 Å². The molecule has 1 aromatic heterocycles. The van der Waals surface area contributed by atoms with Crippen LogP contribution in [0.15, 0.2) is 16.9 Å². The molecule has 0 aliphatic heterocycles. The fourth-order valence-corrected chi connectivity index (χ4v) is 1.08. The number of nitrogens with zero attached hydrogens (tertiary/aromatic N) is 2. The highest BCUT2D eigenvalue weighted by Gasteiger charge is 1.96. The predicted molar refractivity (Wildman–Crippen MR) is 42.9 cm³/mol. The molecule has 0 aromatic carbocycles. The Morgan fingerprint density at radius 1 is 1.70 bits per heavy atom. The average molecular weight is 197 g/mol. The number of hydrogen-bond acceptors (Lipinski definition) is 1. The summed E-state index contributed by atoms with van der Waals surface area (Å²) in [5, 5.41) is 0. The van der Waals surface area contributed by atoms with Crippen molar-refractivity contribution >= 4 is 21.6 Å². The van der Waals surface area contributed by atoms with E-state index >= 15 is 0 Å². The van der Waals surface area contributed by atoms with Gasteiger partial charge in [0, 0.05) is 6.20 Å². The van der Waals surface area contributed by atoms with Crippen LogP contribution in [0.1, 0.15) is 5.56 Å². The van der Waals surface area contributed by atoms with Crippen LogP contribution in [0.2, 0.25) is 0 Å². The van der Waals surface area contributed by atoms with Gasteiger partial charge in [-0.3, -0.25) is 4.98 Å². The molecule has 0 amide bonds. The maximum Gasteiger partial charge on any atom is 0.208 e.